The van der Waals surface area contributed by atoms with E-state index < -0.39 is 0 Å². The number of hydrogen-bond acceptors (Lipinski definition) is 6. The van der Waals surface area contributed by atoms with Gasteiger partial charge in [-0.25, -0.2) is 0 Å². The van der Waals surface area contributed by atoms with Crippen LogP contribution in [0.1, 0.15) is 325 Å². The van der Waals surface area contributed by atoms with E-state index in [4.69, 9.17) is 0 Å². The molecular formula is C106H218N14+8. The Balaban J connectivity index is 0.000000156. The molecule has 18 heterocycles. The third kappa shape index (κ3) is 22.9. The summed E-state index contributed by atoms with van der Waals surface area (Å²) in [6.45, 7) is 120. The van der Waals surface area contributed by atoms with Gasteiger partial charge in [0, 0.05) is 174 Å². The molecule has 0 radical (unpaired) electrons. The van der Waals surface area contributed by atoms with Crippen molar-refractivity contribution in [2.45, 2.75) is 439 Å². The lowest BCUT2D eigenvalue weighted by Crippen LogP contribution is -2.66. The first-order valence-electron chi connectivity index (χ1n) is 52.9. The second kappa shape index (κ2) is 40.7. The molecule has 14 nitrogen and oxygen atoms in total. The molecule has 14 heteroatoms. The van der Waals surface area contributed by atoms with Gasteiger partial charge in [0.25, 0.3) is 0 Å². The minimum atomic E-state index is 0.353. The van der Waals surface area contributed by atoms with Crippen LogP contribution >= 0.6 is 0 Å². The lowest BCUT2D eigenvalue weighted by molar-refractivity contribution is -0.966. The van der Waals surface area contributed by atoms with Gasteiger partial charge in [-0.2, -0.15) is 0 Å². The number of likely N-dealkylation sites (tertiary alicyclic amines) is 6. The molecule has 0 aromatic heterocycles. The van der Waals surface area contributed by atoms with Gasteiger partial charge in [-0.1, -0.05) is 27.7 Å². The zero-order valence-electron chi connectivity index (χ0n) is 88.2. The fourth-order valence-corrected chi connectivity index (χ4v) is 28.8. The van der Waals surface area contributed by atoms with Crippen molar-refractivity contribution < 1.29 is 35.9 Å². The fraction of sp³-hybridized carbons (Fsp3) is 1.00. The Bertz CT molecular complexity index is 3000. The number of piperazine rings is 3. The molecule has 18 saturated heterocycles. The second-order valence-corrected chi connectivity index (χ2v) is 52.1. The van der Waals surface area contributed by atoms with E-state index in [1.807, 2.05) is 0 Å². The highest BCUT2D eigenvalue weighted by Gasteiger charge is 2.59. The van der Waals surface area contributed by atoms with Gasteiger partial charge in [0.05, 0.1) is 219 Å². The highest BCUT2D eigenvalue weighted by atomic mass is 15.5. The molecular weight excluding hydrogens is 1470 g/mol. The summed E-state index contributed by atoms with van der Waals surface area (Å²) >= 11 is 0. The van der Waals surface area contributed by atoms with Gasteiger partial charge in [0.2, 0.25) is 0 Å². The molecule has 10 atom stereocenters. The number of nitrogens with zero attached hydrogens (tertiary/aromatic N) is 14. The molecule has 1 spiro atoms. The third-order valence-electron chi connectivity index (χ3n) is 40.3. The maximum atomic E-state index is 2.77. The largest absolute Gasteiger partial charge is 0.324 e. The van der Waals surface area contributed by atoms with E-state index in [1.165, 1.54) is 309 Å². The van der Waals surface area contributed by atoms with Crippen LogP contribution in [-0.4, -0.2) is 383 Å². The summed E-state index contributed by atoms with van der Waals surface area (Å²) in [5, 5.41) is 0. The van der Waals surface area contributed by atoms with Gasteiger partial charge in [-0.15, -0.1) is 0 Å². The van der Waals surface area contributed by atoms with Crippen LogP contribution in [0.2, 0.25) is 0 Å². The van der Waals surface area contributed by atoms with Crippen LogP contribution < -0.4 is 0 Å². The van der Waals surface area contributed by atoms with Gasteiger partial charge >= 0.3 is 0 Å². The van der Waals surface area contributed by atoms with E-state index in [0.29, 0.717) is 16.5 Å². The van der Waals surface area contributed by atoms with Crippen molar-refractivity contribution >= 4 is 0 Å². The standard InChI is InChI=1S/C16H33N2.C14H29N2.3C13H27N2.C13H26N.C12H25N2.C12H24N/c1-14(2)17-10-6-16(7-11-17)8-12-18(5,13-9-16)15(3)4;1-12(2)16-9-6-13(7-10-16)15(8-11-16)14(3,4)5;1-10(2)14-6-12-8-15(5,11(3)4)9-13(12)7-14;1-11(2)15-8-6-12(10-15)14(7-9-15)13(3,4)5;1-11(2)14-7-9-15(12(3)4)8-5-6-13(15)10-14;1-10(2)13-9-14(11(3)4)7-5-12(13)6-8-14;1-9(2)13-7-12-6-11(13)8-14(12,5)10(3)4;1-10(2)12-5-7-13(9-12,8-6-12)11(3)4/h14-15H,6-13H2,1-5H3;12-13H,6-11H2,1-5H3;10-13H,6-9H2,1-5H3;11-12H,6-10H2,1-5H3;11-13H,5-10H2,1-4H3;10-13H,5-9H2,1-4H3;9-12H,6-8H2,1-5H3;10-11H,5-9H2,1-4H3/q8*+1. The predicted molar refractivity (Wildman–Crippen MR) is 520 cm³/mol. The Morgan fingerprint density at radius 2 is 0.783 bits per heavy atom. The number of rotatable bonds is 14. The summed E-state index contributed by atoms with van der Waals surface area (Å²) < 4.78 is 11.0. The first-order valence-corrected chi connectivity index (χ1v) is 52.9. The molecule has 18 aliphatic rings. The van der Waals surface area contributed by atoms with Gasteiger partial charge in [0.1, 0.15) is 12.1 Å². The normalized spacial score (nSPS) is 38.5. The Morgan fingerprint density at radius 3 is 1.19 bits per heavy atom. The molecule has 0 aromatic rings. The first kappa shape index (κ1) is 103. The molecule has 0 aromatic carbocycles. The number of quaternary nitrogens is 8. The van der Waals surface area contributed by atoms with Crippen LogP contribution in [0.5, 0.6) is 0 Å². The average Bonchev–Trinajstić information content (AvgIpc) is 1.60. The SMILES string of the molecule is CC(C)C12CC[N+](C(C)C)(CC1)C2.CC(C)C1C[N+]2(C(C)C)CCC1CC2.CC(C)N1CC2CC1C[N+]2(C)C(C)C.CC(C)N1CC2C[N+](C)(C(C)C)CC2C1.CC(C)N1CCC2(CC1)CC[N+](C)(C(C)C)CC2.CC(C)N1CC[N+]2(C(C)C)CCCC2C1.CC(C)[N+]12CCC(C1)N(C(C)(C)C)CC2.CC(C)[N+]12CCC(CC1)N(C(C)(C)C)CC2. The summed E-state index contributed by atoms with van der Waals surface area (Å²) in [7, 11) is 7.36. The number of piperidine rings is 7. The molecule has 0 N–H and O–H groups in total. The Labute approximate surface area is 750 Å². The van der Waals surface area contributed by atoms with Crippen molar-refractivity contribution in [2.75, 3.05) is 204 Å². The van der Waals surface area contributed by atoms with E-state index in [9.17, 15) is 0 Å². The van der Waals surface area contributed by atoms with Crippen LogP contribution in [0.4, 0.5) is 0 Å². The molecule has 704 valence electrons. The third-order valence-corrected chi connectivity index (χ3v) is 40.3. The fourth-order valence-electron chi connectivity index (χ4n) is 28.8. The van der Waals surface area contributed by atoms with E-state index in [1.54, 1.807) is 0 Å². The average molecular weight is 1690 g/mol. The molecule has 10 unspecified atom stereocenters. The van der Waals surface area contributed by atoms with Crippen LogP contribution in [0.25, 0.3) is 0 Å². The summed E-state index contributed by atoms with van der Waals surface area (Å²) in [6.07, 6.45) is 20.4. The summed E-state index contributed by atoms with van der Waals surface area (Å²) in [5.41, 5.74) is 2.15. The maximum Gasteiger partial charge on any atom is 0.104 e. The number of likely N-dealkylation sites (N-methyl/N-ethyl adjacent to an activating group) is 1. The van der Waals surface area contributed by atoms with Crippen molar-refractivity contribution in [1.82, 2.24) is 29.4 Å². The molecule has 120 heavy (non-hydrogen) atoms. The van der Waals surface area contributed by atoms with Gasteiger partial charge in [-0.05, 0) is 257 Å². The highest BCUT2D eigenvalue weighted by molar-refractivity contribution is 4.98. The quantitative estimate of drug-likeness (QED) is 0.160. The van der Waals surface area contributed by atoms with Crippen LogP contribution in [0, 0.1) is 46.3 Å². The smallest absolute Gasteiger partial charge is 0.104 e. The molecule has 0 aliphatic carbocycles. The topological polar surface area (TPSA) is 19.4 Å². The summed E-state index contributed by atoms with van der Waals surface area (Å²) in [4.78, 5) is 16.2. The monoisotopic (exact) mass is 1690 g/mol. The van der Waals surface area contributed by atoms with Crippen molar-refractivity contribution in [3.05, 3.63) is 0 Å². The number of fused-ring (bicyclic) bond motifs is 15. The van der Waals surface area contributed by atoms with Crippen molar-refractivity contribution in [1.29, 1.82) is 0 Å². The van der Waals surface area contributed by atoms with E-state index >= 15 is 0 Å². The van der Waals surface area contributed by atoms with Crippen molar-refractivity contribution in [2.24, 2.45) is 46.3 Å². The van der Waals surface area contributed by atoms with E-state index in [-0.39, 0.29) is 0 Å². The number of hydrogen-bond donors (Lipinski definition) is 0. The van der Waals surface area contributed by atoms with Crippen LogP contribution in [-0.2, 0) is 0 Å². The maximum absolute atomic E-state index is 2.77. The first-order chi connectivity index (χ1) is 55.6. The van der Waals surface area contributed by atoms with E-state index in [2.05, 4.69) is 286 Å². The lowest BCUT2D eigenvalue weighted by Gasteiger charge is -2.56. The predicted octanol–water partition coefficient (Wildman–Crippen LogP) is 18.9. The van der Waals surface area contributed by atoms with Gasteiger partial charge < -0.3 is 40.8 Å². The van der Waals surface area contributed by atoms with Crippen LogP contribution in [0.15, 0.2) is 0 Å². The molecule has 0 saturated carbocycles. The molecule has 18 fully saturated rings. The molecule has 0 amide bonds. The lowest BCUT2D eigenvalue weighted by atomic mass is 9.70. The minimum Gasteiger partial charge on any atom is -0.324 e. The zero-order valence-corrected chi connectivity index (χ0v) is 88.2. The van der Waals surface area contributed by atoms with Crippen LogP contribution in [0.3, 0.4) is 0 Å². The van der Waals surface area contributed by atoms with Gasteiger partial charge in [-0.3, -0.25) is 24.5 Å². The highest BCUT2D eigenvalue weighted by Crippen LogP contribution is 2.52. The summed E-state index contributed by atoms with van der Waals surface area (Å²) in [5.74, 6) is 5.82. The van der Waals surface area contributed by atoms with E-state index in [0.717, 1.165) is 144 Å². The molecule has 10 bridgehead atoms. The summed E-state index contributed by atoms with van der Waals surface area (Å²) in [6, 6.07) is 13.9. The Kier molecular flexibility index (Phi) is 35.0. The zero-order chi connectivity index (χ0) is 89.4. The van der Waals surface area contributed by atoms with Crippen molar-refractivity contribution in [3.8, 4) is 0 Å². The Morgan fingerprint density at radius 1 is 0.317 bits per heavy atom. The Hall–Kier alpha value is -0.560. The second-order valence-electron chi connectivity index (χ2n) is 52.1. The van der Waals surface area contributed by atoms with Crippen molar-refractivity contribution in [3.63, 3.8) is 0 Å². The molecule has 18 aliphatic heterocycles. The van der Waals surface area contributed by atoms with Gasteiger partial charge in [0.15, 0.2) is 0 Å². The molecule has 18 rings (SSSR count). The minimum absolute atomic E-state index is 0.353.